The first kappa shape index (κ1) is 38.4. The average Bonchev–Trinajstić information content (AvgIpc) is 3.30. The van der Waals surface area contributed by atoms with Gasteiger partial charge in [0.25, 0.3) is 0 Å². The van der Waals surface area contributed by atoms with Crippen LogP contribution in [0.5, 0.6) is 11.5 Å². The Morgan fingerprint density at radius 3 is 1.25 bits per heavy atom. The summed E-state index contributed by atoms with van der Waals surface area (Å²) in [6.45, 7) is 0.609. The Bertz CT molecular complexity index is 2830. The number of hydrogen-bond donors (Lipinski definition) is 0. The van der Waals surface area contributed by atoms with Gasteiger partial charge in [0.05, 0.1) is 25.3 Å². The van der Waals surface area contributed by atoms with Gasteiger partial charge in [-0.05, 0) is 70.1 Å². The summed E-state index contributed by atoms with van der Waals surface area (Å²) in [5.74, 6) is 0.753. The van der Waals surface area contributed by atoms with E-state index in [9.17, 15) is 9.59 Å². The molecule has 10 rings (SSSR count). The number of esters is 2. The Morgan fingerprint density at radius 2 is 0.817 bits per heavy atom. The van der Waals surface area contributed by atoms with Crippen molar-refractivity contribution in [3.8, 4) is 22.6 Å². The van der Waals surface area contributed by atoms with Crippen LogP contribution in [0.1, 0.15) is 31.8 Å². The summed E-state index contributed by atoms with van der Waals surface area (Å²) in [6.07, 6.45) is 0. The quantitative estimate of drug-likeness (QED) is 0.131. The molecular weight excluding hydrogens is 825 g/mol. The maximum Gasteiger partial charge on any atom is 0.339 e. The minimum absolute atomic E-state index is 0.304. The molecule has 2 aliphatic heterocycles. The third kappa shape index (κ3) is 6.97. The molecule has 0 atom stereocenters. The zero-order valence-electron chi connectivity index (χ0n) is 32.4. The second-order valence-corrected chi connectivity index (χ2v) is 18.3. The van der Waals surface area contributed by atoms with Crippen LogP contribution in [0.2, 0.25) is 0 Å². The first-order valence-corrected chi connectivity index (χ1v) is 22.4. The van der Waals surface area contributed by atoms with E-state index in [1.165, 1.54) is 14.2 Å². The van der Waals surface area contributed by atoms with E-state index in [0.29, 0.717) is 24.3 Å². The summed E-state index contributed by atoms with van der Waals surface area (Å²) in [6, 6.07) is 49.1. The fraction of sp³-hybridized carbons (Fsp3) is 0.0800. The Hall–Kier alpha value is -5.78. The van der Waals surface area contributed by atoms with Crippen molar-refractivity contribution in [2.24, 2.45) is 0 Å². The first-order valence-electron chi connectivity index (χ1n) is 19.2. The molecule has 0 amide bonds. The van der Waals surface area contributed by atoms with Crippen LogP contribution in [-0.2, 0) is 22.7 Å². The van der Waals surface area contributed by atoms with Crippen LogP contribution < -0.4 is 9.47 Å². The lowest BCUT2D eigenvalue weighted by Gasteiger charge is -2.24. The Labute approximate surface area is 364 Å². The molecule has 60 heavy (non-hydrogen) atoms. The number of fused-ring (bicyclic) bond motifs is 6. The smallest absolute Gasteiger partial charge is 0.339 e. The predicted octanol–water partition coefficient (Wildman–Crippen LogP) is 13.6. The maximum atomic E-state index is 12.8. The van der Waals surface area contributed by atoms with Crippen LogP contribution in [-0.4, -0.2) is 26.2 Å². The minimum Gasteiger partial charge on any atom is -0.488 e. The maximum absolute atomic E-state index is 12.8. The molecular formula is C50H34O6S4. The van der Waals surface area contributed by atoms with Gasteiger partial charge < -0.3 is 18.9 Å². The zero-order chi connectivity index (χ0) is 40.7. The third-order valence-electron chi connectivity index (χ3n) is 10.5. The Kier molecular flexibility index (Phi) is 10.5. The highest BCUT2D eigenvalue weighted by Crippen LogP contribution is 2.53. The van der Waals surface area contributed by atoms with E-state index >= 15 is 0 Å². The monoisotopic (exact) mass is 858 g/mol. The van der Waals surface area contributed by atoms with Gasteiger partial charge in [0.2, 0.25) is 0 Å². The molecule has 0 N–H and O–H groups in total. The number of hydrogen-bond acceptors (Lipinski definition) is 10. The number of carbonyl (C=O) groups excluding carboxylic acids is 2. The number of ether oxygens (including phenoxy) is 4. The number of methoxy groups -OCH3 is 2. The molecule has 294 valence electrons. The lowest BCUT2D eigenvalue weighted by Crippen LogP contribution is -2.07. The molecule has 0 bridgehead atoms. The van der Waals surface area contributed by atoms with Gasteiger partial charge in [-0.25, -0.2) is 9.59 Å². The molecule has 0 aromatic heterocycles. The van der Waals surface area contributed by atoms with E-state index in [-0.39, 0.29) is 11.9 Å². The minimum atomic E-state index is -0.353. The van der Waals surface area contributed by atoms with E-state index in [0.717, 1.165) is 94.5 Å². The fourth-order valence-electron chi connectivity index (χ4n) is 7.70. The van der Waals surface area contributed by atoms with Gasteiger partial charge in [-0.3, -0.25) is 0 Å². The standard InChI is InChI=1S/C50H34O6S4/c1-53-49(51)35-17-9-21-41-47(35)59-45-31(13-7-19-39(45)57-41)27-55-37-25-23-29-11-3-5-15-33(29)43(37)44-34-16-6-4-12-30(34)24-26-38(44)56-28-32-14-8-20-40-46(32)60-48-36(50(52)54-2)18-10-22-42(48)58-40/h3-26H,27-28H2,1-2H3. The van der Waals surface area contributed by atoms with Crippen LogP contribution in [0.4, 0.5) is 0 Å². The van der Waals surface area contributed by atoms with Crippen LogP contribution >= 0.6 is 47.0 Å². The van der Waals surface area contributed by atoms with Crippen LogP contribution in [0.3, 0.4) is 0 Å². The molecule has 0 unspecified atom stereocenters. The predicted molar refractivity (Wildman–Crippen MR) is 240 cm³/mol. The lowest BCUT2D eigenvalue weighted by atomic mass is 9.92. The van der Waals surface area contributed by atoms with Crippen LogP contribution in [0, 0.1) is 0 Å². The van der Waals surface area contributed by atoms with Crippen LogP contribution in [0.15, 0.2) is 185 Å². The summed E-state index contributed by atoms with van der Waals surface area (Å²) >= 11 is 6.48. The second kappa shape index (κ2) is 16.3. The van der Waals surface area contributed by atoms with Crippen molar-refractivity contribution in [2.75, 3.05) is 14.2 Å². The number of carbonyl (C=O) groups is 2. The van der Waals surface area contributed by atoms with Crippen molar-refractivity contribution in [3.63, 3.8) is 0 Å². The zero-order valence-corrected chi connectivity index (χ0v) is 35.6. The van der Waals surface area contributed by atoms with E-state index in [4.69, 9.17) is 18.9 Å². The molecule has 0 radical (unpaired) electrons. The first-order chi connectivity index (χ1) is 29.5. The van der Waals surface area contributed by atoms with Gasteiger partial charge in [-0.15, -0.1) is 0 Å². The van der Waals surface area contributed by atoms with Crippen molar-refractivity contribution in [1.82, 2.24) is 0 Å². The van der Waals surface area contributed by atoms with Crippen molar-refractivity contribution in [1.29, 1.82) is 0 Å². The summed E-state index contributed by atoms with van der Waals surface area (Å²) in [7, 11) is 2.83. The molecule has 0 spiro atoms. The van der Waals surface area contributed by atoms with Gasteiger partial charge in [-0.2, -0.15) is 0 Å². The average molecular weight is 859 g/mol. The summed E-state index contributed by atoms with van der Waals surface area (Å²) in [5.41, 5.74) is 5.04. The highest BCUT2D eigenvalue weighted by atomic mass is 32.2. The van der Waals surface area contributed by atoms with Gasteiger partial charge >= 0.3 is 11.9 Å². The van der Waals surface area contributed by atoms with E-state index in [2.05, 4.69) is 109 Å². The van der Waals surface area contributed by atoms with Crippen molar-refractivity contribution in [3.05, 3.63) is 168 Å². The van der Waals surface area contributed by atoms with Gasteiger partial charge in [-0.1, -0.05) is 144 Å². The molecule has 0 aliphatic carbocycles. The van der Waals surface area contributed by atoms with Gasteiger partial charge in [0, 0.05) is 61.4 Å². The summed E-state index contributed by atoms with van der Waals surface area (Å²) in [5, 5.41) is 4.26. The molecule has 0 saturated heterocycles. The molecule has 2 heterocycles. The third-order valence-corrected chi connectivity index (χ3v) is 16.0. The molecule has 8 aromatic carbocycles. The van der Waals surface area contributed by atoms with E-state index < -0.39 is 0 Å². The van der Waals surface area contributed by atoms with Crippen LogP contribution in [0.25, 0.3) is 32.7 Å². The molecule has 8 aromatic rings. The lowest BCUT2D eigenvalue weighted by molar-refractivity contribution is 0.0587. The SMILES string of the molecule is COC(=O)c1cccc2c1Sc1c(COc3ccc4ccccc4c3-c3c(OCc4cccc5c4Sc4c(cccc4C(=O)OC)S5)ccc4ccccc34)cccc1S2. The van der Waals surface area contributed by atoms with Crippen molar-refractivity contribution < 1.29 is 28.5 Å². The summed E-state index contributed by atoms with van der Waals surface area (Å²) in [4.78, 5) is 33.7. The Morgan fingerprint density at radius 1 is 0.417 bits per heavy atom. The van der Waals surface area contributed by atoms with Crippen molar-refractivity contribution in [2.45, 2.75) is 52.4 Å². The Balaban J connectivity index is 1.03. The second-order valence-electron chi connectivity index (χ2n) is 14.0. The fourth-order valence-corrected chi connectivity index (χ4v) is 12.7. The van der Waals surface area contributed by atoms with Gasteiger partial charge in [0.15, 0.2) is 0 Å². The van der Waals surface area contributed by atoms with Gasteiger partial charge in [0.1, 0.15) is 24.7 Å². The van der Waals surface area contributed by atoms with E-state index in [1.807, 2.05) is 36.4 Å². The molecule has 0 saturated carbocycles. The van der Waals surface area contributed by atoms with Crippen molar-refractivity contribution >= 4 is 80.5 Å². The molecule has 0 fully saturated rings. The number of rotatable bonds is 9. The molecule has 2 aliphatic rings. The highest BCUT2D eigenvalue weighted by Gasteiger charge is 2.28. The van der Waals surface area contributed by atoms with E-state index in [1.54, 1.807) is 47.0 Å². The molecule has 10 heteroatoms. The molecule has 6 nitrogen and oxygen atoms in total. The number of benzene rings is 8. The highest BCUT2D eigenvalue weighted by molar-refractivity contribution is 8.05. The normalized spacial score (nSPS) is 12.5. The summed E-state index contributed by atoms with van der Waals surface area (Å²) < 4.78 is 24.2. The topological polar surface area (TPSA) is 71.1 Å². The largest absolute Gasteiger partial charge is 0.488 e.